The molecule has 1 fully saturated rings. The molecule has 1 aliphatic rings. The van der Waals surface area contributed by atoms with Gasteiger partial charge in [0.05, 0.1) is 18.8 Å². The fourth-order valence-corrected chi connectivity index (χ4v) is 2.28. The van der Waals surface area contributed by atoms with Crippen molar-refractivity contribution >= 4 is 5.97 Å². The minimum Gasteiger partial charge on any atom is -0.467 e. The summed E-state index contributed by atoms with van der Waals surface area (Å²) in [5.74, 6) is -0.611. The van der Waals surface area contributed by atoms with Crippen LogP contribution < -0.4 is 0 Å². The van der Waals surface area contributed by atoms with E-state index < -0.39 is 12.1 Å². The lowest BCUT2D eigenvalue weighted by atomic mass is 10.2. The molecule has 1 heterocycles. The molecular weight excluding hydrogens is 220 g/mol. The lowest BCUT2D eigenvalue weighted by molar-refractivity contribution is -0.150. The summed E-state index contributed by atoms with van der Waals surface area (Å²) >= 11 is 0. The minimum absolute atomic E-state index is 0.215. The molecule has 17 heavy (non-hydrogen) atoms. The van der Waals surface area contributed by atoms with Gasteiger partial charge in [0.1, 0.15) is 0 Å². The molecule has 5 nitrogen and oxygen atoms in total. The Balaban J connectivity index is 1.96. The van der Waals surface area contributed by atoms with Crippen LogP contribution in [0.15, 0.2) is 12.3 Å². The van der Waals surface area contributed by atoms with E-state index in [-0.39, 0.29) is 6.42 Å². The van der Waals surface area contributed by atoms with Crippen molar-refractivity contribution in [2.45, 2.75) is 44.2 Å². The Labute approximate surface area is 100 Å². The summed E-state index contributed by atoms with van der Waals surface area (Å²) in [5, 5.41) is 13.9. The molecule has 1 saturated carbocycles. The Morgan fingerprint density at radius 1 is 1.65 bits per heavy atom. The van der Waals surface area contributed by atoms with E-state index in [1.54, 1.807) is 0 Å². The van der Waals surface area contributed by atoms with Gasteiger partial charge in [-0.15, -0.1) is 0 Å². The monoisotopic (exact) mass is 238 g/mol. The fourth-order valence-electron chi connectivity index (χ4n) is 2.28. The summed E-state index contributed by atoms with van der Waals surface area (Å²) in [6.07, 6.45) is 5.87. The first-order chi connectivity index (χ1) is 8.20. The predicted molar refractivity (Wildman–Crippen MR) is 61.5 cm³/mol. The van der Waals surface area contributed by atoms with Crippen LogP contribution in [-0.2, 0) is 16.0 Å². The zero-order chi connectivity index (χ0) is 12.3. The molecule has 94 valence electrons. The number of esters is 1. The molecule has 5 heteroatoms. The maximum Gasteiger partial charge on any atom is 0.335 e. The number of rotatable bonds is 4. The summed E-state index contributed by atoms with van der Waals surface area (Å²) in [4.78, 5) is 11.1. The summed E-state index contributed by atoms with van der Waals surface area (Å²) < 4.78 is 6.42. The van der Waals surface area contributed by atoms with Crippen LogP contribution in [0.25, 0.3) is 0 Å². The highest BCUT2D eigenvalue weighted by Crippen LogP contribution is 2.28. The van der Waals surface area contributed by atoms with Gasteiger partial charge in [-0.3, -0.25) is 4.68 Å². The largest absolute Gasteiger partial charge is 0.467 e. The summed E-state index contributed by atoms with van der Waals surface area (Å²) in [6, 6.07) is 2.34. The van der Waals surface area contributed by atoms with E-state index in [4.69, 9.17) is 0 Å². The quantitative estimate of drug-likeness (QED) is 0.797. The summed E-state index contributed by atoms with van der Waals surface area (Å²) in [5.41, 5.74) is 0.731. The van der Waals surface area contributed by atoms with Gasteiger partial charge in [-0.25, -0.2) is 4.79 Å². The average molecular weight is 238 g/mol. The molecule has 1 unspecified atom stereocenters. The molecule has 0 amide bonds. The SMILES string of the molecule is COC(=O)C(O)Cc1ccn(C2CCCC2)n1. The number of hydrogen-bond donors (Lipinski definition) is 1. The third-order valence-electron chi connectivity index (χ3n) is 3.24. The van der Waals surface area contributed by atoms with Crippen molar-refractivity contribution in [3.63, 3.8) is 0 Å². The molecule has 0 spiro atoms. The van der Waals surface area contributed by atoms with Gasteiger partial charge in [-0.05, 0) is 18.9 Å². The van der Waals surface area contributed by atoms with Crippen LogP contribution in [0.1, 0.15) is 37.4 Å². The number of ether oxygens (including phenoxy) is 1. The van der Waals surface area contributed by atoms with Crippen molar-refractivity contribution < 1.29 is 14.6 Å². The zero-order valence-corrected chi connectivity index (χ0v) is 10.0. The van der Waals surface area contributed by atoms with Crippen molar-refractivity contribution in [1.82, 2.24) is 9.78 Å². The predicted octanol–water partition coefficient (Wildman–Crippen LogP) is 1.07. The number of aromatic nitrogens is 2. The first-order valence-electron chi connectivity index (χ1n) is 6.00. The van der Waals surface area contributed by atoms with Crippen LogP contribution in [-0.4, -0.2) is 34.1 Å². The van der Waals surface area contributed by atoms with Gasteiger partial charge < -0.3 is 9.84 Å². The van der Waals surface area contributed by atoms with Gasteiger partial charge >= 0.3 is 5.97 Å². The molecule has 1 aliphatic carbocycles. The second kappa shape index (κ2) is 5.31. The standard InChI is InChI=1S/C12H18N2O3/c1-17-12(16)11(15)8-9-6-7-14(13-9)10-4-2-3-5-10/h6-7,10-11,15H,2-5,8H2,1H3. The van der Waals surface area contributed by atoms with E-state index in [2.05, 4.69) is 9.84 Å². The summed E-state index contributed by atoms with van der Waals surface area (Å²) in [7, 11) is 1.27. The van der Waals surface area contributed by atoms with Crippen LogP contribution in [0.4, 0.5) is 0 Å². The Hall–Kier alpha value is -1.36. The normalized spacial score (nSPS) is 18.2. The van der Waals surface area contributed by atoms with Crippen LogP contribution in [0.3, 0.4) is 0 Å². The Morgan fingerprint density at radius 2 is 2.35 bits per heavy atom. The molecule has 0 radical (unpaired) electrons. The highest BCUT2D eigenvalue weighted by molar-refractivity contribution is 5.74. The second-order valence-electron chi connectivity index (χ2n) is 4.47. The highest BCUT2D eigenvalue weighted by Gasteiger charge is 2.20. The molecule has 0 saturated heterocycles. The van der Waals surface area contributed by atoms with Gasteiger partial charge in [0.2, 0.25) is 0 Å². The molecular formula is C12H18N2O3. The van der Waals surface area contributed by atoms with Gasteiger partial charge in [0.15, 0.2) is 6.10 Å². The Bertz CT molecular complexity index is 383. The van der Waals surface area contributed by atoms with E-state index in [0.29, 0.717) is 6.04 Å². The Morgan fingerprint density at radius 3 is 3.00 bits per heavy atom. The molecule has 2 rings (SSSR count). The molecule has 1 aromatic heterocycles. The first-order valence-corrected chi connectivity index (χ1v) is 6.00. The maximum atomic E-state index is 11.1. The number of carbonyl (C=O) groups excluding carboxylic acids is 1. The number of carbonyl (C=O) groups is 1. The molecule has 1 atom stereocenters. The van der Waals surface area contributed by atoms with Crippen LogP contribution in [0.5, 0.6) is 0 Å². The lowest BCUT2D eigenvalue weighted by Gasteiger charge is -2.09. The number of aliphatic hydroxyl groups excluding tert-OH is 1. The number of nitrogens with zero attached hydrogens (tertiary/aromatic N) is 2. The van der Waals surface area contributed by atoms with Gasteiger partial charge in [-0.1, -0.05) is 12.8 Å². The Kier molecular flexibility index (Phi) is 3.78. The number of hydrogen-bond acceptors (Lipinski definition) is 4. The smallest absolute Gasteiger partial charge is 0.335 e. The van der Waals surface area contributed by atoms with E-state index in [1.807, 2.05) is 16.9 Å². The molecule has 0 bridgehead atoms. The lowest BCUT2D eigenvalue weighted by Crippen LogP contribution is -2.24. The van der Waals surface area contributed by atoms with Gasteiger partial charge in [0.25, 0.3) is 0 Å². The van der Waals surface area contributed by atoms with Gasteiger partial charge in [-0.2, -0.15) is 5.10 Å². The highest BCUT2D eigenvalue weighted by atomic mass is 16.5. The number of aliphatic hydroxyl groups is 1. The van der Waals surface area contributed by atoms with Crippen LogP contribution in [0, 0.1) is 0 Å². The number of methoxy groups -OCH3 is 1. The van der Waals surface area contributed by atoms with E-state index in [0.717, 1.165) is 5.69 Å². The first kappa shape index (κ1) is 12.1. The minimum atomic E-state index is -1.12. The van der Waals surface area contributed by atoms with E-state index in [9.17, 15) is 9.90 Å². The van der Waals surface area contributed by atoms with E-state index in [1.165, 1.54) is 32.8 Å². The maximum absolute atomic E-state index is 11.1. The average Bonchev–Trinajstić information content (AvgIpc) is 2.97. The molecule has 1 N–H and O–H groups in total. The van der Waals surface area contributed by atoms with Crippen LogP contribution >= 0.6 is 0 Å². The van der Waals surface area contributed by atoms with E-state index >= 15 is 0 Å². The van der Waals surface area contributed by atoms with Crippen LogP contribution in [0.2, 0.25) is 0 Å². The topological polar surface area (TPSA) is 64.3 Å². The van der Waals surface area contributed by atoms with Crippen molar-refractivity contribution in [3.8, 4) is 0 Å². The molecule has 0 aromatic carbocycles. The van der Waals surface area contributed by atoms with Crippen molar-refractivity contribution in [3.05, 3.63) is 18.0 Å². The van der Waals surface area contributed by atoms with Crippen molar-refractivity contribution in [1.29, 1.82) is 0 Å². The second-order valence-corrected chi connectivity index (χ2v) is 4.47. The zero-order valence-electron chi connectivity index (χ0n) is 10.0. The fraction of sp³-hybridized carbons (Fsp3) is 0.667. The summed E-state index contributed by atoms with van der Waals surface area (Å²) in [6.45, 7) is 0. The molecule has 0 aliphatic heterocycles. The third-order valence-corrected chi connectivity index (χ3v) is 3.24. The van der Waals surface area contributed by atoms with Crippen molar-refractivity contribution in [2.75, 3.05) is 7.11 Å². The van der Waals surface area contributed by atoms with Gasteiger partial charge in [0, 0.05) is 12.6 Å². The third kappa shape index (κ3) is 2.85. The van der Waals surface area contributed by atoms with Crippen molar-refractivity contribution in [2.24, 2.45) is 0 Å². The molecule has 1 aromatic rings.